The average Bonchev–Trinajstić information content (AvgIpc) is 3.48. The third kappa shape index (κ3) is 4.55. The van der Waals surface area contributed by atoms with Gasteiger partial charge in [0.15, 0.2) is 0 Å². The predicted molar refractivity (Wildman–Crippen MR) is 126 cm³/mol. The summed E-state index contributed by atoms with van der Waals surface area (Å²) in [6, 6.07) is 15.6. The number of sulfonamides is 1. The Labute approximate surface area is 191 Å². The van der Waals surface area contributed by atoms with E-state index in [1.807, 2.05) is 61.2 Å². The Morgan fingerprint density at radius 2 is 1.91 bits per heavy atom. The normalized spacial score (nSPS) is 21.8. The van der Waals surface area contributed by atoms with Gasteiger partial charge >= 0.3 is 0 Å². The van der Waals surface area contributed by atoms with E-state index in [4.69, 9.17) is 4.74 Å². The fourth-order valence-corrected chi connectivity index (χ4v) is 5.87. The number of hydrogen-bond acceptors (Lipinski definition) is 4. The molecule has 1 spiro atoms. The van der Waals surface area contributed by atoms with Gasteiger partial charge in [0.05, 0.1) is 19.4 Å². The molecule has 1 amide bonds. The van der Waals surface area contributed by atoms with Crippen LogP contribution in [0.4, 0.5) is 0 Å². The minimum absolute atomic E-state index is 0.0833. The fraction of sp³-hybridized carbons (Fsp3) is 0.480. The number of hydrogen-bond donors (Lipinski definition) is 1. The van der Waals surface area contributed by atoms with E-state index in [0.717, 1.165) is 35.3 Å². The van der Waals surface area contributed by atoms with E-state index < -0.39 is 10.0 Å². The molecule has 1 saturated carbocycles. The molecule has 0 radical (unpaired) electrons. The highest BCUT2D eigenvalue weighted by Crippen LogP contribution is 2.55. The van der Waals surface area contributed by atoms with Gasteiger partial charge in [-0.15, -0.1) is 0 Å². The zero-order valence-corrected chi connectivity index (χ0v) is 20.0. The lowest BCUT2D eigenvalue weighted by Gasteiger charge is -2.30. The van der Waals surface area contributed by atoms with Gasteiger partial charge in [-0.25, -0.2) is 13.1 Å². The van der Waals surface area contributed by atoms with Crippen molar-refractivity contribution in [1.29, 1.82) is 0 Å². The molecule has 2 aromatic rings. The van der Waals surface area contributed by atoms with E-state index in [-0.39, 0.29) is 29.3 Å². The second kappa shape index (κ2) is 8.52. The molecular formula is C25H32N2O4S. The summed E-state index contributed by atoms with van der Waals surface area (Å²) >= 11 is 0. The zero-order valence-electron chi connectivity index (χ0n) is 19.2. The summed E-state index contributed by atoms with van der Waals surface area (Å²) in [6.45, 7) is 4.42. The third-order valence-electron chi connectivity index (χ3n) is 6.73. The van der Waals surface area contributed by atoms with Gasteiger partial charge in [-0.2, -0.15) is 0 Å². The fourth-order valence-electron chi connectivity index (χ4n) is 5.00. The molecular weight excluding hydrogens is 424 g/mol. The third-order valence-corrected chi connectivity index (χ3v) is 7.41. The lowest BCUT2D eigenvalue weighted by molar-refractivity contribution is -0.135. The first kappa shape index (κ1) is 22.8. The van der Waals surface area contributed by atoms with Crippen LogP contribution < -0.4 is 9.46 Å². The summed E-state index contributed by atoms with van der Waals surface area (Å²) in [5.74, 6) is 0.751. The van der Waals surface area contributed by atoms with Gasteiger partial charge in [-0.1, -0.05) is 56.3 Å². The molecule has 1 saturated heterocycles. The van der Waals surface area contributed by atoms with Crippen molar-refractivity contribution in [2.24, 2.45) is 11.3 Å². The van der Waals surface area contributed by atoms with Crippen LogP contribution in [0.2, 0.25) is 0 Å². The van der Waals surface area contributed by atoms with Crippen molar-refractivity contribution in [3.63, 3.8) is 0 Å². The highest BCUT2D eigenvalue weighted by atomic mass is 32.2. The van der Waals surface area contributed by atoms with Gasteiger partial charge in [-0.3, -0.25) is 4.79 Å². The molecule has 0 bridgehead atoms. The largest absolute Gasteiger partial charge is 0.496 e. The van der Waals surface area contributed by atoms with Crippen LogP contribution in [0, 0.1) is 11.3 Å². The topological polar surface area (TPSA) is 75.7 Å². The van der Waals surface area contributed by atoms with Crippen molar-refractivity contribution in [3.05, 3.63) is 54.1 Å². The van der Waals surface area contributed by atoms with E-state index in [9.17, 15) is 13.2 Å². The summed E-state index contributed by atoms with van der Waals surface area (Å²) in [7, 11) is -1.74. The summed E-state index contributed by atoms with van der Waals surface area (Å²) in [5, 5.41) is 0. The van der Waals surface area contributed by atoms with Crippen LogP contribution in [-0.2, 0) is 21.2 Å². The molecule has 2 unspecified atom stereocenters. The second-order valence-corrected chi connectivity index (χ2v) is 11.3. The first-order valence-corrected chi connectivity index (χ1v) is 13.0. The maximum atomic E-state index is 13.1. The number of benzene rings is 2. The molecule has 1 heterocycles. The van der Waals surface area contributed by atoms with Crippen molar-refractivity contribution >= 4 is 15.9 Å². The van der Waals surface area contributed by atoms with E-state index in [1.54, 1.807) is 7.11 Å². The van der Waals surface area contributed by atoms with E-state index in [1.165, 1.54) is 6.26 Å². The second-order valence-electron chi connectivity index (χ2n) is 9.52. The number of likely N-dealkylation sites (tertiary alicyclic amines) is 1. The smallest absolute Gasteiger partial charge is 0.225 e. The Morgan fingerprint density at radius 1 is 1.19 bits per heavy atom. The molecule has 6 nitrogen and oxygen atoms in total. The first-order chi connectivity index (χ1) is 15.1. The number of carbonyl (C=O) groups excluding carboxylic acids is 1. The Hall–Kier alpha value is -2.38. The number of rotatable bonds is 7. The van der Waals surface area contributed by atoms with Crippen LogP contribution in [-0.4, -0.2) is 51.2 Å². The summed E-state index contributed by atoms with van der Waals surface area (Å²) in [4.78, 5) is 15.0. The number of amides is 1. The number of methoxy groups -OCH3 is 1. The Morgan fingerprint density at radius 3 is 2.53 bits per heavy atom. The maximum Gasteiger partial charge on any atom is 0.225 e. The molecule has 2 fully saturated rings. The maximum absolute atomic E-state index is 13.1. The molecule has 1 N–H and O–H groups in total. The highest BCUT2D eigenvalue weighted by Gasteiger charge is 2.61. The van der Waals surface area contributed by atoms with E-state index >= 15 is 0 Å². The summed E-state index contributed by atoms with van der Waals surface area (Å²) < 4.78 is 32.8. The van der Waals surface area contributed by atoms with Crippen molar-refractivity contribution in [2.45, 2.75) is 45.2 Å². The number of nitrogens with one attached hydrogen (secondary N) is 1. The SMILES string of the molecule is COc1ccccc1-c1cccc(CC2C(NS(C)(=O)=O)C3(CC3)CN2C(=O)C(C)C)c1. The van der Waals surface area contributed by atoms with Crippen molar-refractivity contribution in [1.82, 2.24) is 9.62 Å². The molecule has 4 rings (SSSR count). The predicted octanol–water partition coefficient (Wildman–Crippen LogP) is 3.47. The van der Waals surface area contributed by atoms with Crippen LogP contribution in [0.25, 0.3) is 11.1 Å². The van der Waals surface area contributed by atoms with Crippen molar-refractivity contribution < 1.29 is 17.9 Å². The van der Waals surface area contributed by atoms with Crippen LogP contribution in [0.5, 0.6) is 5.75 Å². The molecule has 32 heavy (non-hydrogen) atoms. The monoisotopic (exact) mass is 456 g/mol. The van der Waals surface area contributed by atoms with Crippen LogP contribution in [0.3, 0.4) is 0 Å². The summed E-state index contributed by atoms with van der Waals surface area (Å²) in [5.41, 5.74) is 2.97. The highest BCUT2D eigenvalue weighted by molar-refractivity contribution is 7.88. The molecule has 7 heteroatoms. The molecule has 172 valence electrons. The first-order valence-electron chi connectivity index (χ1n) is 11.1. The Kier molecular flexibility index (Phi) is 6.07. The van der Waals surface area contributed by atoms with E-state index in [0.29, 0.717) is 13.0 Å². The average molecular weight is 457 g/mol. The van der Waals surface area contributed by atoms with Crippen molar-refractivity contribution in [3.8, 4) is 16.9 Å². The van der Waals surface area contributed by atoms with Gasteiger partial charge < -0.3 is 9.64 Å². The molecule has 0 aromatic heterocycles. The standard InChI is InChI=1S/C25H32N2O4S/c1-17(2)24(28)27-16-25(12-13-25)23(26-32(4,29)30)21(27)15-18-8-7-9-19(14-18)20-10-5-6-11-22(20)31-3/h5-11,14,17,21,23,26H,12-13,15-16H2,1-4H3. The Balaban J connectivity index is 1.69. The Bertz CT molecular complexity index is 1110. The van der Waals surface area contributed by atoms with Crippen LogP contribution >= 0.6 is 0 Å². The molecule has 1 aliphatic heterocycles. The van der Waals surface area contributed by atoms with E-state index in [2.05, 4.69) is 10.8 Å². The number of para-hydroxylation sites is 1. The molecule has 1 aliphatic carbocycles. The number of nitrogens with zero attached hydrogens (tertiary/aromatic N) is 1. The number of carbonyl (C=O) groups is 1. The quantitative estimate of drug-likeness (QED) is 0.692. The van der Waals surface area contributed by atoms with Gasteiger partial charge in [0.25, 0.3) is 0 Å². The molecule has 2 aromatic carbocycles. The number of ether oxygens (including phenoxy) is 1. The zero-order chi connectivity index (χ0) is 23.1. The summed E-state index contributed by atoms with van der Waals surface area (Å²) in [6.07, 6.45) is 3.69. The molecule has 2 atom stereocenters. The van der Waals surface area contributed by atoms with Gasteiger partial charge in [0.1, 0.15) is 5.75 Å². The van der Waals surface area contributed by atoms with Gasteiger partial charge in [0, 0.05) is 29.5 Å². The van der Waals surface area contributed by atoms with Gasteiger partial charge in [-0.05, 0) is 36.5 Å². The molecule has 2 aliphatic rings. The van der Waals surface area contributed by atoms with Crippen molar-refractivity contribution in [2.75, 3.05) is 19.9 Å². The minimum Gasteiger partial charge on any atom is -0.496 e. The van der Waals surface area contributed by atoms with Crippen LogP contribution in [0.1, 0.15) is 32.3 Å². The lowest BCUT2D eigenvalue weighted by atomic mass is 9.91. The lowest BCUT2D eigenvalue weighted by Crippen LogP contribution is -2.50. The minimum atomic E-state index is -3.40. The van der Waals surface area contributed by atoms with Crippen LogP contribution in [0.15, 0.2) is 48.5 Å². The van der Waals surface area contributed by atoms with Gasteiger partial charge in [0.2, 0.25) is 15.9 Å².